The molecule has 1 aliphatic rings. The monoisotopic (exact) mass is 285 g/mol. The van der Waals surface area contributed by atoms with Crippen molar-refractivity contribution >= 4 is 25.8 Å². The lowest BCUT2D eigenvalue weighted by Gasteiger charge is -2.33. The number of rotatable bonds is 4. The van der Waals surface area contributed by atoms with Crippen molar-refractivity contribution < 1.29 is 26.7 Å². The van der Waals surface area contributed by atoms with Crippen LogP contribution in [0.4, 0.5) is 0 Å². The van der Waals surface area contributed by atoms with Gasteiger partial charge < -0.3 is 5.11 Å². The first-order valence-corrected chi connectivity index (χ1v) is 8.53. The summed E-state index contributed by atoms with van der Waals surface area (Å²) in [6, 6.07) is -0.990. The summed E-state index contributed by atoms with van der Waals surface area (Å²) in [7, 11) is -6.91. The van der Waals surface area contributed by atoms with Crippen LogP contribution < -0.4 is 0 Å². The van der Waals surface area contributed by atoms with Gasteiger partial charge in [0.05, 0.1) is 23.7 Å². The quantitative estimate of drug-likeness (QED) is 0.703. The molecule has 1 fully saturated rings. The van der Waals surface area contributed by atoms with Crippen molar-refractivity contribution in [3.63, 3.8) is 0 Å². The van der Waals surface area contributed by atoms with E-state index in [4.69, 9.17) is 5.11 Å². The molecule has 1 aliphatic heterocycles. The molecular weight excluding hydrogens is 270 g/mol. The van der Waals surface area contributed by atoms with Gasteiger partial charge in [0.15, 0.2) is 9.84 Å². The van der Waals surface area contributed by atoms with Gasteiger partial charge in [0, 0.05) is 12.6 Å². The topological polar surface area (TPSA) is 109 Å². The first kappa shape index (κ1) is 14.4. The maximum absolute atomic E-state index is 11.7. The van der Waals surface area contributed by atoms with E-state index < -0.39 is 44.0 Å². The molecule has 1 unspecified atom stereocenters. The summed E-state index contributed by atoms with van der Waals surface area (Å²) >= 11 is 0. The smallest absolute Gasteiger partial charge is 0.305 e. The minimum Gasteiger partial charge on any atom is -0.481 e. The largest absolute Gasteiger partial charge is 0.481 e. The van der Waals surface area contributed by atoms with Crippen LogP contribution in [0, 0.1) is 0 Å². The summed E-state index contributed by atoms with van der Waals surface area (Å²) < 4.78 is 47.2. The van der Waals surface area contributed by atoms with Gasteiger partial charge in [0.1, 0.15) is 0 Å². The number of hydrogen-bond acceptors (Lipinski definition) is 5. The van der Waals surface area contributed by atoms with Crippen LogP contribution in [0.5, 0.6) is 0 Å². The number of carboxylic acids is 1. The molecule has 0 aromatic heterocycles. The van der Waals surface area contributed by atoms with Gasteiger partial charge >= 0.3 is 5.97 Å². The second-order valence-electron chi connectivity index (χ2n) is 3.88. The van der Waals surface area contributed by atoms with E-state index >= 15 is 0 Å². The summed E-state index contributed by atoms with van der Waals surface area (Å²) in [5.74, 6) is -2.03. The third kappa shape index (κ3) is 3.65. The highest BCUT2D eigenvalue weighted by Crippen LogP contribution is 2.19. The number of nitrogens with zero attached hydrogens (tertiary/aromatic N) is 1. The Labute approximate surface area is 100 Å². The van der Waals surface area contributed by atoms with Crippen molar-refractivity contribution in [3.8, 4) is 0 Å². The highest BCUT2D eigenvalue weighted by atomic mass is 32.2. The van der Waals surface area contributed by atoms with E-state index in [1.165, 1.54) is 6.92 Å². The number of carboxylic acid groups (broad SMARTS) is 1. The van der Waals surface area contributed by atoms with E-state index in [-0.39, 0.29) is 18.1 Å². The van der Waals surface area contributed by atoms with Gasteiger partial charge in [-0.15, -0.1) is 0 Å². The van der Waals surface area contributed by atoms with Crippen LogP contribution in [0.3, 0.4) is 0 Å². The Morgan fingerprint density at radius 1 is 1.47 bits per heavy atom. The molecule has 0 aromatic rings. The molecule has 1 saturated heterocycles. The Morgan fingerprint density at radius 2 is 2.06 bits per heavy atom. The number of hydrogen-bond donors (Lipinski definition) is 1. The molecule has 1 heterocycles. The lowest BCUT2D eigenvalue weighted by Crippen LogP contribution is -2.52. The van der Waals surface area contributed by atoms with Gasteiger partial charge in [-0.1, -0.05) is 0 Å². The minimum atomic E-state index is -3.56. The molecule has 0 amide bonds. The standard InChI is InChI=1S/C8H15NO6S2/c1-2-17(14,15)9-3-4-16(12,13)6-7(9)5-8(10)11/h7H,2-6H2,1H3,(H,10,11). The molecule has 1 atom stereocenters. The van der Waals surface area contributed by atoms with Crippen LogP contribution in [0.2, 0.25) is 0 Å². The lowest BCUT2D eigenvalue weighted by atomic mass is 10.2. The lowest BCUT2D eigenvalue weighted by molar-refractivity contribution is -0.137. The molecule has 0 spiro atoms. The summed E-state index contributed by atoms with van der Waals surface area (Å²) in [4.78, 5) is 10.6. The molecule has 17 heavy (non-hydrogen) atoms. The van der Waals surface area contributed by atoms with Gasteiger partial charge in [-0.05, 0) is 6.92 Å². The van der Waals surface area contributed by atoms with Gasteiger partial charge in [-0.2, -0.15) is 4.31 Å². The Balaban J connectivity index is 3.00. The van der Waals surface area contributed by atoms with E-state index in [1.54, 1.807) is 0 Å². The van der Waals surface area contributed by atoms with Crippen molar-refractivity contribution in [1.29, 1.82) is 0 Å². The van der Waals surface area contributed by atoms with Gasteiger partial charge in [-0.25, -0.2) is 16.8 Å². The van der Waals surface area contributed by atoms with Gasteiger partial charge in [0.25, 0.3) is 0 Å². The first-order valence-electron chi connectivity index (χ1n) is 5.09. The van der Waals surface area contributed by atoms with Crippen molar-refractivity contribution in [3.05, 3.63) is 0 Å². The SMILES string of the molecule is CCS(=O)(=O)N1CCS(=O)(=O)CC1CC(=O)O. The van der Waals surface area contributed by atoms with E-state index in [1.807, 2.05) is 0 Å². The maximum atomic E-state index is 11.7. The second-order valence-corrected chi connectivity index (χ2v) is 8.32. The van der Waals surface area contributed by atoms with Crippen LogP contribution in [0.25, 0.3) is 0 Å². The Hall–Kier alpha value is -0.670. The molecule has 0 aliphatic carbocycles. The fourth-order valence-electron chi connectivity index (χ4n) is 1.77. The zero-order chi connectivity index (χ0) is 13.3. The van der Waals surface area contributed by atoms with E-state index in [9.17, 15) is 21.6 Å². The molecule has 9 heteroatoms. The normalized spacial score (nSPS) is 25.6. The molecular formula is C8H15NO6S2. The van der Waals surface area contributed by atoms with Crippen LogP contribution >= 0.6 is 0 Å². The molecule has 0 bridgehead atoms. The Morgan fingerprint density at radius 3 is 2.53 bits per heavy atom. The highest BCUT2D eigenvalue weighted by Gasteiger charge is 2.38. The van der Waals surface area contributed by atoms with Crippen LogP contribution in [-0.2, 0) is 24.7 Å². The van der Waals surface area contributed by atoms with Crippen molar-refractivity contribution in [2.24, 2.45) is 0 Å². The fourth-order valence-corrected chi connectivity index (χ4v) is 4.81. The maximum Gasteiger partial charge on any atom is 0.305 e. The van der Waals surface area contributed by atoms with Gasteiger partial charge in [-0.3, -0.25) is 4.79 Å². The summed E-state index contributed by atoms with van der Waals surface area (Å²) in [6.45, 7) is 1.28. The molecule has 7 nitrogen and oxygen atoms in total. The van der Waals surface area contributed by atoms with Crippen molar-refractivity contribution in [1.82, 2.24) is 4.31 Å². The van der Waals surface area contributed by atoms with Gasteiger partial charge in [0.2, 0.25) is 10.0 Å². The third-order valence-corrected chi connectivity index (χ3v) is 6.23. The van der Waals surface area contributed by atoms with E-state index in [0.29, 0.717) is 0 Å². The van der Waals surface area contributed by atoms with Crippen LogP contribution in [-0.4, -0.2) is 62.1 Å². The molecule has 0 aromatic carbocycles. The number of sulfonamides is 1. The summed E-state index contributed by atoms with van der Waals surface area (Å²) in [5.41, 5.74) is 0. The predicted octanol–water partition coefficient (Wildman–Crippen LogP) is -1.09. The van der Waals surface area contributed by atoms with Crippen molar-refractivity contribution in [2.75, 3.05) is 23.8 Å². The minimum absolute atomic E-state index is 0.156. The van der Waals surface area contributed by atoms with Crippen molar-refractivity contribution in [2.45, 2.75) is 19.4 Å². The molecule has 100 valence electrons. The van der Waals surface area contributed by atoms with Crippen LogP contribution in [0.15, 0.2) is 0 Å². The molecule has 0 saturated carbocycles. The zero-order valence-corrected chi connectivity index (χ0v) is 11.0. The second kappa shape index (κ2) is 4.91. The fraction of sp³-hybridized carbons (Fsp3) is 0.875. The average Bonchev–Trinajstić information content (AvgIpc) is 2.14. The third-order valence-electron chi connectivity index (χ3n) is 2.61. The van der Waals surface area contributed by atoms with Crippen LogP contribution in [0.1, 0.15) is 13.3 Å². The number of aliphatic carboxylic acids is 1. The Bertz CT molecular complexity index is 494. The predicted molar refractivity (Wildman–Crippen MR) is 60.9 cm³/mol. The first-order chi connectivity index (χ1) is 7.68. The average molecular weight is 285 g/mol. The highest BCUT2D eigenvalue weighted by molar-refractivity contribution is 7.92. The molecule has 0 radical (unpaired) electrons. The number of carbonyl (C=O) groups is 1. The summed E-state index contributed by atoms with van der Waals surface area (Å²) in [5, 5.41) is 8.68. The molecule has 1 N–H and O–H groups in total. The number of sulfone groups is 1. The van der Waals surface area contributed by atoms with E-state index in [0.717, 1.165) is 4.31 Å². The van der Waals surface area contributed by atoms with E-state index in [2.05, 4.69) is 0 Å². The zero-order valence-electron chi connectivity index (χ0n) is 9.37. The molecule has 1 rings (SSSR count). The summed E-state index contributed by atoms with van der Waals surface area (Å²) in [6.07, 6.45) is -0.488. The Kier molecular flexibility index (Phi) is 4.15.